The summed E-state index contributed by atoms with van der Waals surface area (Å²) >= 11 is 0. The molecule has 1 fully saturated rings. The molecule has 0 spiro atoms. The van der Waals surface area contributed by atoms with Gasteiger partial charge in [-0.15, -0.1) is 0 Å². The summed E-state index contributed by atoms with van der Waals surface area (Å²) in [6.07, 6.45) is 0. The number of nitrogens with zero attached hydrogens (tertiary/aromatic N) is 2. The Morgan fingerprint density at radius 1 is 1.47 bits per heavy atom. The molecule has 17 heavy (non-hydrogen) atoms. The van der Waals surface area contributed by atoms with Gasteiger partial charge in [-0.2, -0.15) is 5.26 Å². The standard InChI is InChI=1S/C14H19N3/c1-11-9-17(10-14(2,3)16-11)13-6-4-5-12(7-13)8-15/h4-7,11,16H,9-10H2,1-3H3. The summed E-state index contributed by atoms with van der Waals surface area (Å²) in [5.74, 6) is 0. The lowest BCUT2D eigenvalue weighted by atomic mass is 9.98. The van der Waals surface area contributed by atoms with Crippen LogP contribution in [-0.2, 0) is 0 Å². The van der Waals surface area contributed by atoms with E-state index in [2.05, 4.69) is 43.1 Å². The molecule has 1 aromatic rings. The van der Waals surface area contributed by atoms with Crippen LogP contribution in [0.3, 0.4) is 0 Å². The van der Waals surface area contributed by atoms with Crippen molar-refractivity contribution in [2.24, 2.45) is 0 Å². The Kier molecular flexibility index (Phi) is 3.08. The summed E-state index contributed by atoms with van der Waals surface area (Å²) in [5, 5.41) is 12.5. The van der Waals surface area contributed by atoms with Crippen LogP contribution in [0.1, 0.15) is 26.3 Å². The van der Waals surface area contributed by atoms with Crippen molar-refractivity contribution in [1.82, 2.24) is 5.32 Å². The molecule has 1 aliphatic heterocycles. The second-order valence-electron chi connectivity index (χ2n) is 5.47. The van der Waals surface area contributed by atoms with Crippen molar-refractivity contribution in [2.45, 2.75) is 32.4 Å². The Labute approximate surface area is 103 Å². The van der Waals surface area contributed by atoms with Gasteiger partial charge in [0.2, 0.25) is 0 Å². The largest absolute Gasteiger partial charge is 0.368 e. The van der Waals surface area contributed by atoms with Crippen LogP contribution in [0.25, 0.3) is 0 Å². The Balaban J connectivity index is 2.24. The van der Waals surface area contributed by atoms with Crippen LogP contribution in [0.15, 0.2) is 24.3 Å². The predicted molar refractivity (Wildman–Crippen MR) is 70.0 cm³/mol. The van der Waals surface area contributed by atoms with Gasteiger partial charge in [0, 0.05) is 30.4 Å². The molecule has 1 heterocycles. The first-order valence-corrected chi connectivity index (χ1v) is 6.03. The minimum Gasteiger partial charge on any atom is -0.368 e. The number of hydrogen-bond donors (Lipinski definition) is 1. The minimum atomic E-state index is 0.111. The molecule has 2 rings (SSSR count). The Bertz CT molecular complexity index is 445. The smallest absolute Gasteiger partial charge is 0.0992 e. The number of anilines is 1. The number of rotatable bonds is 1. The van der Waals surface area contributed by atoms with Crippen LogP contribution in [0, 0.1) is 11.3 Å². The molecule has 3 nitrogen and oxygen atoms in total. The number of nitriles is 1. The molecule has 3 heteroatoms. The van der Waals surface area contributed by atoms with Gasteiger partial charge in [-0.3, -0.25) is 0 Å². The fraction of sp³-hybridized carbons (Fsp3) is 0.500. The molecule has 1 aromatic carbocycles. The third-order valence-electron chi connectivity index (χ3n) is 3.06. The van der Waals surface area contributed by atoms with Gasteiger partial charge in [-0.05, 0) is 39.0 Å². The molecule has 1 saturated heterocycles. The van der Waals surface area contributed by atoms with Crippen LogP contribution in [0.5, 0.6) is 0 Å². The number of nitrogens with one attached hydrogen (secondary N) is 1. The van der Waals surface area contributed by atoms with Gasteiger partial charge < -0.3 is 10.2 Å². The maximum atomic E-state index is 8.93. The summed E-state index contributed by atoms with van der Waals surface area (Å²) < 4.78 is 0. The molecule has 0 aromatic heterocycles. The topological polar surface area (TPSA) is 39.1 Å². The Morgan fingerprint density at radius 3 is 2.88 bits per heavy atom. The minimum absolute atomic E-state index is 0.111. The Morgan fingerprint density at radius 2 is 2.24 bits per heavy atom. The van der Waals surface area contributed by atoms with Crippen molar-refractivity contribution < 1.29 is 0 Å². The van der Waals surface area contributed by atoms with E-state index in [1.54, 1.807) is 0 Å². The van der Waals surface area contributed by atoms with E-state index in [1.807, 2.05) is 18.2 Å². The number of benzene rings is 1. The van der Waals surface area contributed by atoms with Gasteiger partial charge in [-0.25, -0.2) is 0 Å². The maximum Gasteiger partial charge on any atom is 0.0992 e. The molecular weight excluding hydrogens is 210 g/mol. The highest BCUT2D eigenvalue weighted by atomic mass is 15.2. The molecule has 0 aliphatic carbocycles. The molecule has 1 atom stereocenters. The van der Waals surface area contributed by atoms with Crippen molar-refractivity contribution in [3.8, 4) is 6.07 Å². The highest BCUT2D eigenvalue weighted by molar-refractivity contribution is 5.52. The SMILES string of the molecule is CC1CN(c2cccc(C#N)c2)CC(C)(C)N1. The molecule has 90 valence electrons. The summed E-state index contributed by atoms with van der Waals surface area (Å²) in [7, 11) is 0. The van der Waals surface area contributed by atoms with Gasteiger partial charge in [0.1, 0.15) is 0 Å². The van der Waals surface area contributed by atoms with Gasteiger partial charge in [-0.1, -0.05) is 6.07 Å². The van der Waals surface area contributed by atoms with Gasteiger partial charge in [0.15, 0.2) is 0 Å². The van der Waals surface area contributed by atoms with Crippen LogP contribution in [-0.4, -0.2) is 24.7 Å². The zero-order valence-corrected chi connectivity index (χ0v) is 10.7. The van der Waals surface area contributed by atoms with Crippen molar-refractivity contribution in [3.63, 3.8) is 0 Å². The molecule has 0 saturated carbocycles. The molecule has 1 N–H and O–H groups in total. The zero-order valence-electron chi connectivity index (χ0n) is 10.7. The van der Waals surface area contributed by atoms with E-state index in [0.717, 1.165) is 24.3 Å². The van der Waals surface area contributed by atoms with Crippen LogP contribution in [0.4, 0.5) is 5.69 Å². The third kappa shape index (κ3) is 2.78. The molecule has 0 radical (unpaired) electrons. The lowest BCUT2D eigenvalue weighted by Crippen LogP contribution is -2.61. The zero-order chi connectivity index (χ0) is 12.5. The van der Waals surface area contributed by atoms with E-state index >= 15 is 0 Å². The summed E-state index contributed by atoms with van der Waals surface area (Å²) in [6.45, 7) is 8.57. The summed E-state index contributed by atoms with van der Waals surface area (Å²) in [4.78, 5) is 2.35. The van der Waals surface area contributed by atoms with Gasteiger partial charge >= 0.3 is 0 Å². The van der Waals surface area contributed by atoms with Gasteiger partial charge in [0.25, 0.3) is 0 Å². The van der Waals surface area contributed by atoms with E-state index in [-0.39, 0.29) is 5.54 Å². The second-order valence-corrected chi connectivity index (χ2v) is 5.47. The van der Waals surface area contributed by atoms with E-state index in [0.29, 0.717) is 6.04 Å². The van der Waals surface area contributed by atoms with Crippen molar-refractivity contribution in [2.75, 3.05) is 18.0 Å². The Hall–Kier alpha value is -1.53. The van der Waals surface area contributed by atoms with E-state index in [1.165, 1.54) is 0 Å². The lowest BCUT2D eigenvalue weighted by Gasteiger charge is -2.44. The molecule has 0 amide bonds. The molecule has 1 aliphatic rings. The summed E-state index contributed by atoms with van der Waals surface area (Å²) in [5.41, 5.74) is 1.98. The fourth-order valence-corrected chi connectivity index (χ4v) is 2.60. The monoisotopic (exact) mass is 229 g/mol. The lowest BCUT2D eigenvalue weighted by molar-refractivity contribution is 0.301. The molecular formula is C14H19N3. The first-order chi connectivity index (χ1) is 8.00. The van der Waals surface area contributed by atoms with Crippen molar-refractivity contribution in [3.05, 3.63) is 29.8 Å². The van der Waals surface area contributed by atoms with Gasteiger partial charge in [0.05, 0.1) is 11.6 Å². The quantitative estimate of drug-likeness (QED) is 0.802. The highest BCUT2D eigenvalue weighted by Crippen LogP contribution is 2.22. The van der Waals surface area contributed by atoms with E-state index < -0.39 is 0 Å². The first-order valence-electron chi connectivity index (χ1n) is 6.03. The predicted octanol–water partition coefficient (Wildman–Crippen LogP) is 2.13. The maximum absolute atomic E-state index is 8.93. The average molecular weight is 229 g/mol. The number of hydrogen-bond acceptors (Lipinski definition) is 3. The highest BCUT2D eigenvalue weighted by Gasteiger charge is 2.29. The third-order valence-corrected chi connectivity index (χ3v) is 3.06. The van der Waals surface area contributed by atoms with E-state index in [9.17, 15) is 0 Å². The normalized spacial score (nSPS) is 23.2. The van der Waals surface area contributed by atoms with Crippen molar-refractivity contribution >= 4 is 5.69 Å². The fourth-order valence-electron chi connectivity index (χ4n) is 2.60. The molecule has 1 unspecified atom stereocenters. The van der Waals surface area contributed by atoms with Crippen LogP contribution in [0.2, 0.25) is 0 Å². The van der Waals surface area contributed by atoms with Crippen molar-refractivity contribution in [1.29, 1.82) is 5.26 Å². The first kappa shape index (κ1) is 11.9. The van der Waals surface area contributed by atoms with Crippen LogP contribution >= 0.6 is 0 Å². The van der Waals surface area contributed by atoms with Crippen LogP contribution < -0.4 is 10.2 Å². The summed E-state index contributed by atoms with van der Waals surface area (Å²) in [6, 6.07) is 10.5. The molecule has 0 bridgehead atoms. The average Bonchev–Trinajstić information content (AvgIpc) is 2.26. The second kappa shape index (κ2) is 4.38. The van der Waals surface area contributed by atoms with E-state index in [4.69, 9.17) is 5.26 Å². The number of piperazine rings is 1.